The maximum absolute atomic E-state index is 11.8. The smallest absolute Gasteiger partial charge is 0.264 e. The average molecular weight is 265 g/mol. The van der Waals surface area contributed by atoms with Gasteiger partial charge in [0.1, 0.15) is 12.4 Å². The number of hydrogen-bond donors (Lipinski definition) is 3. The first-order valence-corrected chi connectivity index (χ1v) is 5.83. The molecule has 1 aromatic carbocycles. The van der Waals surface area contributed by atoms with Crippen LogP contribution in [0.15, 0.2) is 29.4 Å². The summed E-state index contributed by atoms with van der Waals surface area (Å²) in [5.41, 5.74) is 5.29. The van der Waals surface area contributed by atoms with Gasteiger partial charge in [0, 0.05) is 13.0 Å². The highest BCUT2D eigenvalue weighted by Crippen LogP contribution is 2.30. The summed E-state index contributed by atoms with van der Waals surface area (Å²) in [5, 5.41) is 13.8. The SMILES string of the molecule is NC(CCNC(=O)C1COc2ccccc2O1)=NO. The van der Waals surface area contributed by atoms with Crippen molar-refractivity contribution in [2.24, 2.45) is 10.9 Å². The van der Waals surface area contributed by atoms with Crippen LogP contribution in [0.4, 0.5) is 0 Å². The van der Waals surface area contributed by atoms with Gasteiger partial charge in [0.25, 0.3) is 5.91 Å². The number of nitrogens with zero attached hydrogens (tertiary/aromatic N) is 1. The molecule has 4 N–H and O–H groups in total. The van der Waals surface area contributed by atoms with E-state index >= 15 is 0 Å². The molecule has 0 spiro atoms. The summed E-state index contributed by atoms with van der Waals surface area (Å²) in [6.07, 6.45) is -0.422. The van der Waals surface area contributed by atoms with E-state index in [9.17, 15) is 4.79 Å². The zero-order chi connectivity index (χ0) is 13.7. The van der Waals surface area contributed by atoms with E-state index in [1.807, 2.05) is 6.07 Å². The first kappa shape index (κ1) is 13.0. The van der Waals surface area contributed by atoms with Crippen molar-refractivity contribution < 1.29 is 19.5 Å². The van der Waals surface area contributed by atoms with Crippen LogP contribution in [0.5, 0.6) is 11.5 Å². The van der Waals surface area contributed by atoms with Crippen molar-refractivity contribution in [1.82, 2.24) is 5.32 Å². The van der Waals surface area contributed by atoms with Gasteiger partial charge in [-0.15, -0.1) is 0 Å². The van der Waals surface area contributed by atoms with Crippen molar-refractivity contribution in [3.05, 3.63) is 24.3 Å². The minimum atomic E-state index is -0.692. The van der Waals surface area contributed by atoms with Crippen LogP contribution in [0.1, 0.15) is 6.42 Å². The fraction of sp³-hybridized carbons (Fsp3) is 0.333. The molecule has 19 heavy (non-hydrogen) atoms. The maximum Gasteiger partial charge on any atom is 0.264 e. The van der Waals surface area contributed by atoms with E-state index in [1.165, 1.54) is 0 Å². The first-order chi connectivity index (χ1) is 9.20. The van der Waals surface area contributed by atoms with Gasteiger partial charge in [-0.05, 0) is 12.1 Å². The van der Waals surface area contributed by atoms with Crippen LogP contribution in [0.2, 0.25) is 0 Å². The Kier molecular flexibility index (Phi) is 4.07. The molecule has 0 aromatic heterocycles. The molecule has 1 amide bonds. The Morgan fingerprint density at radius 2 is 2.21 bits per heavy atom. The molecule has 0 radical (unpaired) electrons. The quantitative estimate of drug-likeness (QED) is 0.309. The predicted octanol–water partition coefficient (Wildman–Crippen LogP) is 0.0791. The number of oxime groups is 1. The van der Waals surface area contributed by atoms with Crippen molar-refractivity contribution in [1.29, 1.82) is 0 Å². The number of rotatable bonds is 4. The number of carbonyl (C=O) groups is 1. The number of nitrogens with two attached hydrogens (primary N) is 1. The van der Waals surface area contributed by atoms with Crippen molar-refractivity contribution >= 4 is 11.7 Å². The van der Waals surface area contributed by atoms with Crippen molar-refractivity contribution in [2.75, 3.05) is 13.2 Å². The van der Waals surface area contributed by atoms with Gasteiger partial charge in [0.15, 0.2) is 11.5 Å². The lowest BCUT2D eigenvalue weighted by atomic mass is 10.2. The number of para-hydroxylation sites is 2. The molecule has 1 atom stereocenters. The molecule has 1 heterocycles. The van der Waals surface area contributed by atoms with E-state index in [0.717, 1.165) is 0 Å². The van der Waals surface area contributed by atoms with Gasteiger partial charge in [0.05, 0.1) is 0 Å². The van der Waals surface area contributed by atoms with Crippen LogP contribution in [0.3, 0.4) is 0 Å². The van der Waals surface area contributed by atoms with E-state index in [4.69, 9.17) is 20.4 Å². The Morgan fingerprint density at radius 1 is 1.47 bits per heavy atom. The number of nitrogens with one attached hydrogen (secondary N) is 1. The second-order valence-corrected chi connectivity index (χ2v) is 4.00. The molecule has 1 aliphatic rings. The monoisotopic (exact) mass is 265 g/mol. The Balaban J connectivity index is 1.85. The molecular formula is C12H15N3O4. The molecule has 1 aromatic rings. The maximum atomic E-state index is 11.8. The lowest BCUT2D eigenvalue weighted by Gasteiger charge is -2.25. The van der Waals surface area contributed by atoms with Gasteiger partial charge in [-0.25, -0.2) is 0 Å². The third-order valence-corrected chi connectivity index (χ3v) is 2.61. The number of amides is 1. The normalized spacial score (nSPS) is 17.9. The minimum Gasteiger partial charge on any atom is -0.485 e. The van der Waals surface area contributed by atoms with Crippen molar-refractivity contribution in [2.45, 2.75) is 12.5 Å². The van der Waals surface area contributed by atoms with Crippen LogP contribution >= 0.6 is 0 Å². The summed E-state index contributed by atoms with van der Waals surface area (Å²) in [4.78, 5) is 11.8. The summed E-state index contributed by atoms with van der Waals surface area (Å²) in [6, 6.07) is 7.16. The lowest BCUT2D eigenvalue weighted by Crippen LogP contribution is -2.44. The predicted molar refractivity (Wildman–Crippen MR) is 67.4 cm³/mol. The van der Waals surface area contributed by atoms with Gasteiger partial charge in [-0.3, -0.25) is 4.79 Å². The Morgan fingerprint density at radius 3 is 2.95 bits per heavy atom. The highest BCUT2D eigenvalue weighted by molar-refractivity contribution is 5.83. The van der Waals surface area contributed by atoms with Crippen LogP contribution in [0, 0.1) is 0 Å². The Bertz CT molecular complexity index is 490. The standard InChI is InChI=1S/C12H15N3O4/c13-11(15-17)5-6-14-12(16)10-7-18-8-3-1-2-4-9(8)19-10/h1-4,10,17H,5-7H2,(H2,13,15)(H,14,16). The molecular weight excluding hydrogens is 250 g/mol. The number of carbonyl (C=O) groups excluding carboxylic acids is 1. The molecule has 102 valence electrons. The van der Waals surface area contributed by atoms with E-state index < -0.39 is 6.10 Å². The fourth-order valence-corrected chi connectivity index (χ4v) is 1.63. The second-order valence-electron chi connectivity index (χ2n) is 4.00. The number of amidine groups is 1. The third-order valence-electron chi connectivity index (χ3n) is 2.61. The van der Waals surface area contributed by atoms with Crippen molar-refractivity contribution in [3.63, 3.8) is 0 Å². The number of benzene rings is 1. The fourth-order valence-electron chi connectivity index (χ4n) is 1.63. The largest absolute Gasteiger partial charge is 0.485 e. The molecule has 1 aliphatic heterocycles. The highest BCUT2D eigenvalue weighted by atomic mass is 16.6. The topological polar surface area (TPSA) is 106 Å². The number of hydrogen-bond acceptors (Lipinski definition) is 5. The molecule has 0 aliphatic carbocycles. The van der Waals surface area contributed by atoms with Gasteiger partial charge in [-0.1, -0.05) is 17.3 Å². The molecule has 1 unspecified atom stereocenters. The van der Waals surface area contributed by atoms with E-state index in [0.29, 0.717) is 11.5 Å². The van der Waals surface area contributed by atoms with E-state index in [-0.39, 0.29) is 31.3 Å². The summed E-state index contributed by atoms with van der Waals surface area (Å²) in [7, 11) is 0. The van der Waals surface area contributed by atoms with Gasteiger partial charge in [-0.2, -0.15) is 0 Å². The van der Waals surface area contributed by atoms with Crippen LogP contribution in [0.25, 0.3) is 0 Å². The zero-order valence-electron chi connectivity index (χ0n) is 10.2. The number of fused-ring (bicyclic) bond motifs is 1. The van der Waals surface area contributed by atoms with Gasteiger partial charge in [0.2, 0.25) is 6.10 Å². The summed E-state index contributed by atoms with van der Waals surface area (Å²) < 4.78 is 11.0. The second kappa shape index (κ2) is 5.94. The van der Waals surface area contributed by atoms with E-state index in [1.54, 1.807) is 18.2 Å². The molecule has 2 rings (SSSR count). The third kappa shape index (κ3) is 3.27. The summed E-state index contributed by atoms with van der Waals surface area (Å²) in [6.45, 7) is 0.433. The molecule has 7 nitrogen and oxygen atoms in total. The molecule has 7 heteroatoms. The first-order valence-electron chi connectivity index (χ1n) is 5.83. The van der Waals surface area contributed by atoms with E-state index in [2.05, 4.69) is 10.5 Å². The summed E-state index contributed by atoms with van der Waals surface area (Å²) >= 11 is 0. The molecule has 0 fully saturated rings. The average Bonchev–Trinajstić information content (AvgIpc) is 2.46. The zero-order valence-corrected chi connectivity index (χ0v) is 10.2. The van der Waals surface area contributed by atoms with Crippen molar-refractivity contribution in [3.8, 4) is 11.5 Å². The minimum absolute atomic E-state index is 0.0615. The molecule has 0 bridgehead atoms. The summed E-state index contributed by atoms with van der Waals surface area (Å²) in [5.74, 6) is 0.945. The number of ether oxygens (including phenoxy) is 2. The molecule has 0 saturated heterocycles. The highest BCUT2D eigenvalue weighted by Gasteiger charge is 2.26. The molecule has 0 saturated carbocycles. The van der Waals surface area contributed by atoms with Crippen LogP contribution < -0.4 is 20.5 Å². The Labute approximate surface area is 110 Å². The Hall–Kier alpha value is -2.44. The van der Waals surface area contributed by atoms with Gasteiger partial charge >= 0.3 is 0 Å². The van der Waals surface area contributed by atoms with Gasteiger partial charge < -0.3 is 25.7 Å². The van der Waals surface area contributed by atoms with Crippen LogP contribution in [-0.4, -0.2) is 36.2 Å². The lowest BCUT2D eigenvalue weighted by molar-refractivity contribution is -0.130. The van der Waals surface area contributed by atoms with Crippen LogP contribution in [-0.2, 0) is 4.79 Å².